The van der Waals surface area contributed by atoms with E-state index in [0.717, 1.165) is 31.4 Å². The number of likely N-dealkylation sites (tertiary alicyclic amines) is 1. The number of nitrogens with zero attached hydrogens (tertiary/aromatic N) is 6. The topological polar surface area (TPSA) is 115 Å². The predicted octanol–water partition coefficient (Wildman–Crippen LogP) is 5.85. The van der Waals surface area contributed by atoms with Crippen LogP contribution in [0.4, 0.5) is 23.8 Å². The van der Waals surface area contributed by atoms with Crippen LogP contribution < -0.4 is 5.73 Å². The first-order chi connectivity index (χ1) is 19.1. The summed E-state index contributed by atoms with van der Waals surface area (Å²) >= 11 is 0. The Balaban J connectivity index is 1.36. The number of aryl methyl sites for hydroxylation is 1. The average molecular weight is 570 g/mol. The van der Waals surface area contributed by atoms with Gasteiger partial charge in [-0.05, 0) is 77.0 Å². The molecule has 218 valence electrons. The molecule has 2 fully saturated rings. The fourth-order valence-corrected chi connectivity index (χ4v) is 6.09. The van der Waals surface area contributed by atoms with Gasteiger partial charge >= 0.3 is 12.3 Å². The molecule has 0 bridgehead atoms. The number of nitriles is 1. The summed E-state index contributed by atoms with van der Waals surface area (Å²) in [4.78, 5) is 14.3. The molecular weight excluding hydrogens is 535 g/mol. The first-order valence-corrected chi connectivity index (χ1v) is 13.6. The van der Waals surface area contributed by atoms with E-state index in [2.05, 4.69) is 11.2 Å². The Labute approximate surface area is 236 Å². The van der Waals surface area contributed by atoms with Gasteiger partial charge in [0.15, 0.2) is 0 Å². The monoisotopic (exact) mass is 569 g/mol. The maximum absolute atomic E-state index is 13.2. The minimum atomic E-state index is -4.44. The van der Waals surface area contributed by atoms with Crippen LogP contribution in [0.2, 0.25) is 0 Å². The Morgan fingerprint density at radius 3 is 2.56 bits per heavy atom. The second-order valence-corrected chi connectivity index (χ2v) is 12.3. The van der Waals surface area contributed by atoms with Crippen molar-refractivity contribution in [3.63, 3.8) is 0 Å². The number of aromatic nitrogens is 4. The minimum absolute atomic E-state index is 0.0183. The number of ether oxygens (including phenoxy) is 1. The van der Waals surface area contributed by atoms with E-state index in [-0.39, 0.29) is 35.5 Å². The molecule has 1 aromatic carbocycles. The molecule has 41 heavy (non-hydrogen) atoms. The number of halogens is 3. The lowest BCUT2D eigenvalue weighted by atomic mass is 9.65. The molecule has 5 rings (SSSR count). The van der Waals surface area contributed by atoms with Gasteiger partial charge in [0.05, 0.1) is 23.8 Å². The zero-order valence-electron chi connectivity index (χ0n) is 23.8. The van der Waals surface area contributed by atoms with E-state index < -0.39 is 17.3 Å². The molecule has 1 spiro atoms. The van der Waals surface area contributed by atoms with Crippen LogP contribution in [0.15, 0.2) is 24.3 Å². The number of benzene rings is 1. The third kappa shape index (κ3) is 5.37. The van der Waals surface area contributed by atoms with Gasteiger partial charge in [-0.3, -0.25) is 4.68 Å². The number of hydrogen-bond acceptors (Lipinski definition) is 6. The summed E-state index contributed by atoms with van der Waals surface area (Å²) in [6.45, 7) is 10.5. The molecule has 3 heterocycles. The van der Waals surface area contributed by atoms with E-state index in [4.69, 9.17) is 15.6 Å². The summed E-state index contributed by atoms with van der Waals surface area (Å²) in [5, 5.41) is 19.3. The lowest BCUT2D eigenvalue weighted by Gasteiger charge is -2.45. The van der Waals surface area contributed by atoms with E-state index in [0.29, 0.717) is 41.3 Å². The first kappa shape index (κ1) is 28.5. The summed E-state index contributed by atoms with van der Waals surface area (Å²) < 4.78 is 48.5. The number of nitrogen functional groups attached to an aromatic ring is 1. The molecule has 1 amide bonds. The third-order valence-corrected chi connectivity index (χ3v) is 8.04. The second kappa shape index (κ2) is 9.82. The maximum Gasteiger partial charge on any atom is 0.416 e. The molecule has 3 aromatic rings. The van der Waals surface area contributed by atoms with E-state index in [1.165, 1.54) is 6.07 Å². The van der Waals surface area contributed by atoms with Crippen LogP contribution in [0.5, 0.6) is 0 Å². The zero-order chi connectivity index (χ0) is 29.9. The van der Waals surface area contributed by atoms with Crippen LogP contribution in [0.25, 0.3) is 11.3 Å². The molecule has 2 aliphatic rings. The van der Waals surface area contributed by atoms with E-state index >= 15 is 0 Å². The predicted molar refractivity (Wildman–Crippen MR) is 146 cm³/mol. The Morgan fingerprint density at radius 2 is 1.93 bits per heavy atom. The van der Waals surface area contributed by atoms with E-state index in [9.17, 15) is 23.2 Å². The highest BCUT2D eigenvalue weighted by molar-refractivity contribution is 5.76. The van der Waals surface area contributed by atoms with Crippen molar-refractivity contribution in [2.75, 3.05) is 18.8 Å². The van der Waals surface area contributed by atoms with Gasteiger partial charge in [0, 0.05) is 24.3 Å². The fourth-order valence-electron chi connectivity index (χ4n) is 6.09. The Bertz CT molecular complexity index is 1540. The summed E-state index contributed by atoms with van der Waals surface area (Å²) in [5.41, 5.74) is 8.18. The molecule has 12 heteroatoms. The van der Waals surface area contributed by atoms with Crippen molar-refractivity contribution in [2.45, 2.75) is 78.2 Å². The quantitative estimate of drug-likeness (QED) is 0.422. The maximum atomic E-state index is 13.2. The Morgan fingerprint density at radius 1 is 1.22 bits per heavy atom. The minimum Gasteiger partial charge on any atom is -0.444 e. The average Bonchev–Trinajstić information content (AvgIpc) is 3.51. The highest BCUT2D eigenvalue weighted by atomic mass is 19.4. The second-order valence-electron chi connectivity index (χ2n) is 12.3. The number of rotatable bonds is 4. The van der Waals surface area contributed by atoms with Gasteiger partial charge in [0.2, 0.25) is 0 Å². The SMILES string of the molecule is Cc1nn(Cc2cccc(C(F)(F)F)c2)c(C)c1-c1nn([C@H]2C[C@@]3(CCN(C(=O)OC(C)(C)C)C3)C2)c(N)c1C#N. The molecule has 1 aliphatic heterocycles. The summed E-state index contributed by atoms with van der Waals surface area (Å²) in [6, 6.07) is 7.32. The number of nitrogens with two attached hydrogens (primary N) is 1. The van der Waals surface area contributed by atoms with Crippen molar-refractivity contribution in [2.24, 2.45) is 5.41 Å². The molecule has 2 aromatic heterocycles. The van der Waals surface area contributed by atoms with Crippen molar-refractivity contribution >= 4 is 11.9 Å². The smallest absolute Gasteiger partial charge is 0.416 e. The van der Waals surface area contributed by atoms with E-state index in [1.54, 1.807) is 34.2 Å². The van der Waals surface area contributed by atoms with Crippen LogP contribution in [0.1, 0.15) is 74.2 Å². The highest BCUT2D eigenvalue weighted by Gasteiger charge is 2.51. The molecular formula is C29H34F3N7O2. The number of anilines is 1. The standard InChI is InChI=1S/C29H34F3N7O2/c1-17-23(18(2)38(35-17)15-19-7-6-8-20(11-19)29(30,31)32)24-22(14-33)25(34)39(36-24)21-12-28(13-21)9-10-37(16-28)26(40)41-27(3,4)5/h6-8,11,21H,9-10,12-13,15-16,34H2,1-5H3/t21-,28-. The van der Waals surface area contributed by atoms with Crippen LogP contribution in [0, 0.1) is 30.6 Å². The van der Waals surface area contributed by atoms with Crippen LogP contribution in [-0.4, -0.2) is 49.2 Å². The lowest BCUT2D eigenvalue weighted by molar-refractivity contribution is -0.137. The molecule has 2 N–H and O–H groups in total. The first-order valence-electron chi connectivity index (χ1n) is 13.6. The molecule has 1 saturated heterocycles. The van der Waals surface area contributed by atoms with Crippen LogP contribution >= 0.6 is 0 Å². The van der Waals surface area contributed by atoms with E-state index in [1.807, 2.05) is 20.8 Å². The number of amides is 1. The van der Waals surface area contributed by atoms with Gasteiger partial charge in [-0.25, -0.2) is 9.48 Å². The van der Waals surface area contributed by atoms with Gasteiger partial charge in [0.1, 0.15) is 28.7 Å². The third-order valence-electron chi connectivity index (χ3n) is 8.04. The van der Waals surface area contributed by atoms with Gasteiger partial charge in [0.25, 0.3) is 0 Å². The summed E-state index contributed by atoms with van der Waals surface area (Å²) in [6.07, 6.45) is -2.33. The largest absolute Gasteiger partial charge is 0.444 e. The van der Waals surface area contributed by atoms with Crippen molar-refractivity contribution in [1.82, 2.24) is 24.5 Å². The van der Waals surface area contributed by atoms with Gasteiger partial charge in [-0.1, -0.05) is 12.1 Å². The highest BCUT2D eigenvalue weighted by Crippen LogP contribution is 2.55. The molecule has 1 aliphatic carbocycles. The molecule has 0 radical (unpaired) electrons. The van der Waals surface area contributed by atoms with Gasteiger partial charge in [-0.15, -0.1) is 0 Å². The Kier molecular flexibility index (Phi) is 6.83. The molecule has 0 atom stereocenters. The number of carbonyl (C=O) groups excluding carboxylic acids is 1. The number of alkyl halides is 3. The van der Waals surface area contributed by atoms with Crippen LogP contribution in [-0.2, 0) is 17.5 Å². The Hall–Kier alpha value is -4.01. The van der Waals surface area contributed by atoms with Crippen molar-refractivity contribution in [3.8, 4) is 17.3 Å². The molecule has 0 unspecified atom stereocenters. The fraction of sp³-hybridized carbons (Fsp3) is 0.517. The van der Waals surface area contributed by atoms with Crippen molar-refractivity contribution in [3.05, 3.63) is 52.3 Å². The normalized spacial score (nSPS) is 20.8. The van der Waals surface area contributed by atoms with Crippen molar-refractivity contribution in [1.29, 1.82) is 5.26 Å². The van der Waals surface area contributed by atoms with Gasteiger partial charge in [-0.2, -0.15) is 28.6 Å². The van der Waals surface area contributed by atoms with Crippen molar-refractivity contribution < 1.29 is 22.7 Å². The van der Waals surface area contributed by atoms with Gasteiger partial charge < -0.3 is 15.4 Å². The molecule has 1 saturated carbocycles. The summed E-state index contributed by atoms with van der Waals surface area (Å²) in [5.74, 6) is 0.272. The number of carbonyl (C=O) groups is 1. The lowest BCUT2D eigenvalue weighted by Crippen LogP contribution is -2.43. The zero-order valence-corrected chi connectivity index (χ0v) is 23.8. The number of hydrogen-bond donors (Lipinski definition) is 1. The summed E-state index contributed by atoms with van der Waals surface area (Å²) in [7, 11) is 0. The molecule has 9 nitrogen and oxygen atoms in total. The van der Waals surface area contributed by atoms with Crippen LogP contribution in [0.3, 0.4) is 0 Å².